The van der Waals surface area contributed by atoms with Gasteiger partial charge in [0.05, 0.1) is 12.4 Å². The average molecular weight is 360 g/mol. The van der Waals surface area contributed by atoms with Crippen LogP contribution >= 0.6 is 0 Å². The molecule has 0 bridgehead atoms. The van der Waals surface area contributed by atoms with Gasteiger partial charge in [-0.15, -0.1) is 0 Å². The van der Waals surface area contributed by atoms with Crippen molar-refractivity contribution in [2.75, 3.05) is 20.1 Å². The molecular formula is C17H24N6O3. The molecule has 9 heteroatoms. The molecule has 1 saturated heterocycles. The summed E-state index contributed by atoms with van der Waals surface area (Å²) in [5.41, 5.74) is 2.77. The van der Waals surface area contributed by atoms with Gasteiger partial charge in [0.15, 0.2) is 0 Å². The van der Waals surface area contributed by atoms with Crippen molar-refractivity contribution in [3.05, 3.63) is 41.7 Å². The van der Waals surface area contributed by atoms with Crippen LogP contribution in [-0.4, -0.2) is 73.6 Å². The molecule has 0 atom stereocenters. The Morgan fingerprint density at radius 2 is 2.08 bits per heavy atom. The van der Waals surface area contributed by atoms with Crippen LogP contribution in [0.5, 0.6) is 0 Å². The molecule has 0 radical (unpaired) electrons. The van der Waals surface area contributed by atoms with Crippen LogP contribution < -0.4 is 0 Å². The molecule has 26 heavy (non-hydrogen) atoms. The summed E-state index contributed by atoms with van der Waals surface area (Å²) in [5, 5.41) is 13.9. The Hall–Kier alpha value is -2.81. The summed E-state index contributed by atoms with van der Waals surface area (Å²) in [7, 11) is 2.14. The predicted octanol–water partition coefficient (Wildman–Crippen LogP) is 0.946. The zero-order valence-electron chi connectivity index (χ0n) is 15.0. The van der Waals surface area contributed by atoms with Crippen LogP contribution in [0.3, 0.4) is 0 Å². The van der Waals surface area contributed by atoms with Gasteiger partial charge in [0.1, 0.15) is 5.69 Å². The van der Waals surface area contributed by atoms with Crippen LogP contribution in [0.25, 0.3) is 0 Å². The van der Waals surface area contributed by atoms with E-state index in [-0.39, 0.29) is 12.4 Å². The molecule has 3 rings (SSSR count). The molecule has 1 fully saturated rings. The van der Waals surface area contributed by atoms with Crippen LogP contribution in [0.15, 0.2) is 24.8 Å². The number of nitrogens with one attached hydrogen (secondary N) is 1. The fourth-order valence-electron chi connectivity index (χ4n) is 3.01. The first-order chi connectivity index (χ1) is 12.6. The minimum Gasteiger partial charge on any atom is -0.483 e. The molecule has 2 N–H and O–H groups in total. The summed E-state index contributed by atoms with van der Waals surface area (Å²) in [6.07, 6.45) is 8.50. The van der Waals surface area contributed by atoms with E-state index in [1.807, 2.05) is 18.0 Å². The number of likely N-dealkylation sites (tertiary alicyclic amines) is 1. The first-order valence-electron chi connectivity index (χ1n) is 8.39. The van der Waals surface area contributed by atoms with E-state index in [9.17, 15) is 4.79 Å². The quantitative estimate of drug-likeness (QED) is 0.780. The van der Waals surface area contributed by atoms with E-state index in [2.05, 4.69) is 32.1 Å². The number of carbonyl (C=O) groups excluding carboxylic acids is 1. The van der Waals surface area contributed by atoms with E-state index in [4.69, 9.17) is 9.90 Å². The second kappa shape index (κ2) is 9.62. The van der Waals surface area contributed by atoms with Crippen molar-refractivity contribution < 1.29 is 14.7 Å². The maximum Gasteiger partial charge on any atom is 0.290 e. The van der Waals surface area contributed by atoms with E-state index in [1.54, 1.807) is 12.4 Å². The molecule has 2 aromatic heterocycles. The highest BCUT2D eigenvalue weighted by atomic mass is 16.3. The lowest BCUT2D eigenvalue weighted by atomic mass is 10.0. The smallest absolute Gasteiger partial charge is 0.290 e. The van der Waals surface area contributed by atoms with Gasteiger partial charge in [-0.1, -0.05) is 0 Å². The maximum atomic E-state index is 12.4. The van der Waals surface area contributed by atoms with Crippen LogP contribution in [0.2, 0.25) is 0 Å². The zero-order valence-corrected chi connectivity index (χ0v) is 15.0. The summed E-state index contributed by atoms with van der Waals surface area (Å²) in [5.74, 6) is -0.0233. The largest absolute Gasteiger partial charge is 0.483 e. The van der Waals surface area contributed by atoms with E-state index in [0.29, 0.717) is 11.7 Å². The molecule has 140 valence electrons. The van der Waals surface area contributed by atoms with E-state index < -0.39 is 0 Å². The molecule has 2 aromatic rings. The molecule has 9 nitrogen and oxygen atoms in total. The third kappa shape index (κ3) is 5.09. The molecule has 0 aliphatic carbocycles. The first kappa shape index (κ1) is 19.5. The number of aromatic amines is 1. The normalized spacial score (nSPS) is 14.7. The Balaban J connectivity index is 0.000000758. The Kier molecular flexibility index (Phi) is 7.22. The fraction of sp³-hybridized carbons (Fsp3) is 0.471. The van der Waals surface area contributed by atoms with E-state index >= 15 is 0 Å². The van der Waals surface area contributed by atoms with Gasteiger partial charge < -0.3 is 10.0 Å². The van der Waals surface area contributed by atoms with Crippen molar-refractivity contribution in [3.8, 4) is 0 Å². The van der Waals surface area contributed by atoms with Crippen molar-refractivity contribution in [3.63, 3.8) is 0 Å². The lowest BCUT2D eigenvalue weighted by Crippen LogP contribution is -2.45. The Bertz CT molecular complexity index is 698. The number of hydrogen-bond acceptors (Lipinski definition) is 6. The van der Waals surface area contributed by atoms with Gasteiger partial charge in [0.25, 0.3) is 12.4 Å². The highest BCUT2D eigenvalue weighted by molar-refractivity contribution is 5.92. The lowest BCUT2D eigenvalue weighted by Gasteiger charge is -2.36. The minimum absolute atomic E-state index is 0.0233. The Labute approximate surface area is 152 Å². The van der Waals surface area contributed by atoms with Crippen LogP contribution in [0.4, 0.5) is 0 Å². The van der Waals surface area contributed by atoms with Gasteiger partial charge in [0.2, 0.25) is 0 Å². The maximum absolute atomic E-state index is 12.4. The third-order valence-electron chi connectivity index (χ3n) is 4.51. The van der Waals surface area contributed by atoms with Crippen LogP contribution in [0.1, 0.15) is 34.6 Å². The molecule has 0 aromatic carbocycles. The number of piperidine rings is 1. The second-order valence-corrected chi connectivity index (χ2v) is 6.15. The van der Waals surface area contributed by atoms with Crippen molar-refractivity contribution in [1.29, 1.82) is 0 Å². The number of rotatable bonds is 4. The molecule has 1 aliphatic heterocycles. The predicted molar refractivity (Wildman–Crippen MR) is 94.4 cm³/mol. The van der Waals surface area contributed by atoms with Gasteiger partial charge >= 0.3 is 0 Å². The number of carbonyl (C=O) groups is 2. The highest BCUT2D eigenvalue weighted by Crippen LogP contribution is 2.19. The molecule has 0 unspecified atom stereocenters. The SMILES string of the molecule is Cc1[nH]ncc1CN(C)C1CCN(C(=O)c2cnccn2)CC1.O=CO. The molecule has 0 saturated carbocycles. The lowest BCUT2D eigenvalue weighted by molar-refractivity contribution is -0.122. The van der Waals surface area contributed by atoms with Gasteiger partial charge in [-0.05, 0) is 26.8 Å². The summed E-state index contributed by atoms with van der Waals surface area (Å²) in [4.78, 5) is 33.0. The molecule has 0 spiro atoms. The number of carboxylic acid groups (broad SMARTS) is 1. The van der Waals surface area contributed by atoms with Crippen molar-refractivity contribution in [2.45, 2.75) is 32.4 Å². The van der Waals surface area contributed by atoms with Gasteiger partial charge in [0, 0.05) is 49.3 Å². The number of nitrogens with zero attached hydrogens (tertiary/aromatic N) is 5. The zero-order chi connectivity index (χ0) is 18.9. The van der Waals surface area contributed by atoms with Crippen LogP contribution in [0, 0.1) is 6.92 Å². The van der Waals surface area contributed by atoms with Gasteiger partial charge in [-0.2, -0.15) is 5.10 Å². The topological polar surface area (TPSA) is 115 Å². The Morgan fingerprint density at radius 1 is 1.38 bits per heavy atom. The minimum atomic E-state index is -0.250. The standard InChI is InChI=1S/C16H22N6O.CH2O2/c1-12-13(9-19-20-12)11-21(2)14-3-7-22(8-4-14)16(23)15-10-17-5-6-18-15;2-1-3/h5-6,9-10,14H,3-4,7-8,11H2,1-2H3,(H,19,20);1H,(H,2,3). The monoisotopic (exact) mass is 360 g/mol. The van der Waals surface area contributed by atoms with E-state index in [0.717, 1.165) is 38.2 Å². The number of amides is 1. The van der Waals surface area contributed by atoms with Crippen LogP contribution in [-0.2, 0) is 11.3 Å². The van der Waals surface area contributed by atoms with Crippen molar-refractivity contribution in [2.24, 2.45) is 0 Å². The molecule has 3 heterocycles. The number of hydrogen-bond donors (Lipinski definition) is 2. The second-order valence-electron chi connectivity index (χ2n) is 6.15. The third-order valence-corrected chi connectivity index (χ3v) is 4.51. The summed E-state index contributed by atoms with van der Waals surface area (Å²) in [6, 6.07) is 0.482. The summed E-state index contributed by atoms with van der Waals surface area (Å²) < 4.78 is 0. The van der Waals surface area contributed by atoms with Crippen molar-refractivity contribution >= 4 is 12.4 Å². The Morgan fingerprint density at radius 3 is 2.62 bits per heavy atom. The first-order valence-corrected chi connectivity index (χ1v) is 8.39. The number of H-pyrrole nitrogens is 1. The van der Waals surface area contributed by atoms with Gasteiger partial charge in [-0.25, -0.2) is 4.98 Å². The van der Waals surface area contributed by atoms with Gasteiger partial charge in [-0.3, -0.25) is 24.6 Å². The van der Waals surface area contributed by atoms with E-state index in [1.165, 1.54) is 11.8 Å². The molecule has 1 aliphatic rings. The summed E-state index contributed by atoms with van der Waals surface area (Å²) >= 11 is 0. The number of aromatic nitrogens is 4. The molecular weight excluding hydrogens is 336 g/mol. The number of aryl methyl sites for hydroxylation is 1. The highest BCUT2D eigenvalue weighted by Gasteiger charge is 2.26. The average Bonchev–Trinajstić information content (AvgIpc) is 3.07. The molecule has 1 amide bonds. The summed E-state index contributed by atoms with van der Waals surface area (Å²) in [6.45, 7) is 4.19. The van der Waals surface area contributed by atoms with Crippen molar-refractivity contribution in [1.82, 2.24) is 30.0 Å². The fourth-order valence-corrected chi connectivity index (χ4v) is 3.01.